The molecule has 0 saturated carbocycles. The summed E-state index contributed by atoms with van der Waals surface area (Å²) in [5, 5.41) is -0.117. The summed E-state index contributed by atoms with van der Waals surface area (Å²) in [5.41, 5.74) is 5.20. The van der Waals surface area contributed by atoms with Crippen LogP contribution in [0.25, 0.3) is 0 Å². The topological polar surface area (TPSA) is 89.7 Å². The number of nitrogens with zero attached hydrogens (tertiary/aromatic N) is 1. The Morgan fingerprint density at radius 1 is 1.22 bits per heavy atom. The van der Waals surface area contributed by atoms with Crippen molar-refractivity contribution in [3.05, 3.63) is 28.2 Å². The third-order valence-corrected chi connectivity index (χ3v) is 4.42. The van der Waals surface area contributed by atoms with Gasteiger partial charge in [0.15, 0.2) is 0 Å². The van der Waals surface area contributed by atoms with E-state index in [4.69, 9.17) is 28.9 Å². The van der Waals surface area contributed by atoms with Gasteiger partial charge in [-0.25, -0.2) is 13.2 Å². The predicted molar refractivity (Wildman–Crippen MR) is 76.2 cm³/mol. The highest BCUT2D eigenvalue weighted by molar-refractivity contribution is 7.89. The van der Waals surface area contributed by atoms with Crippen LogP contribution in [-0.4, -0.2) is 38.1 Å². The second-order valence-corrected chi connectivity index (χ2v) is 6.86. The Morgan fingerprint density at radius 2 is 1.74 bits per heavy atom. The molecule has 1 aromatic rings. The second-order valence-electron chi connectivity index (χ2n) is 4.16. The lowest BCUT2D eigenvalue weighted by atomic mass is 10.4. The van der Waals surface area contributed by atoms with Gasteiger partial charge in [-0.2, -0.15) is 13.2 Å². The summed E-state index contributed by atoms with van der Waals surface area (Å²) in [4.78, 5) is 14.3. The van der Waals surface area contributed by atoms with Crippen molar-refractivity contribution < 1.29 is 31.2 Å². The zero-order valence-corrected chi connectivity index (χ0v) is 13.6. The summed E-state index contributed by atoms with van der Waals surface area (Å²) in [6.07, 6.45) is -5.40. The third-order valence-electron chi connectivity index (χ3n) is 2.36. The van der Waals surface area contributed by atoms with E-state index in [1.165, 1.54) is 6.07 Å². The molecular formula is C11H11Cl2F3N2O4S. The number of halogens is 5. The Kier molecular flexibility index (Phi) is 6.66. The average Bonchev–Trinajstić information content (AvgIpc) is 2.40. The molecule has 23 heavy (non-hydrogen) atoms. The SMILES string of the molecule is NCCCN(OC(=O)C(F)(F)F)S(=O)(=O)c1cc(Cl)cc(Cl)c1. The molecule has 0 radical (unpaired) electrons. The van der Waals surface area contributed by atoms with Crippen LogP contribution in [-0.2, 0) is 19.7 Å². The quantitative estimate of drug-likeness (QED) is 0.747. The van der Waals surface area contributed by atoms with Crippen LogP contribution in [0.15, 0.2) is 23.1 Å². The van der Waals surface area contributed by atoms with E-state index in [0.717, 1.165) is 12.1 Å². The number of hydrogen-bond donors (Lipinski definition) is 1. The molecule has 0 spiro atoms. The minimum atomic E-state index is -5.36. The number of carbonyl (C=O) groups excluding carboxylic acids is 1. The molecule has 0 bridgehead atoms. The number of alkyl halides is 3. The van der Waals surface area contributed by atoms with E-state index < -0.39 is 33.6 Å². The number of hydroxylamine groups is 1. The molecule has 0 atom stereocenters. The van der Waals surface area contributed by atoms with Crippen molar-refractivity contribution in [1.29, 1.82) is 0 Å². The van der Waals surface area contributed by atoms with E-state index in [9.17, 15) is 26.4 Å². The molecule has 0 heterocycles. The fraction of sp³-hybridized carbons (Fsp3) is 0.364. The molecule has 0 amide bonds. The van der Waals surface area contributed by atoms with Crippen molar-refractivity contribution in [1.82, 2.24) is 4.47 Å². The van der Waals surface area contributed by atoms with E-state index >= 15 is 0 Å². The van der Waals surface area contributed by atoms with E-state index in [1.54, 1.807) is 0 Å². The van der Waals surface area contributed by atoms with E-state index in [-0.39, 0.29) is 27.5 Å². The van der Waals surface area contributed by atoms with E-state index in [0.29, 0.717) is 0 Å². The zero-order valence-electron chi connectivity index (χ0n) is 11.3. The molecule has 0 aliphatic rings. The van der Waals surface area contributed by atoms with Crippen LogP contribution < -0.4 is 5.73 Å². The summed E-state index contributed by atoms with van der Waals surface area (Å²) in [6, 6.07) is 3.15. The van der Waals surface area contributed by atoms with Gasteiger partial charge in [-0.1, -0.05) is 23.2 Å². The number of nitrogens with two attached hydrogens (primary N) is 1. The first-order valence-corrected chi connectivity index (χ1v) is 8.16. The molecule has 0 fully saturated rings. The standard InChI is InChI=1S/C11H11Cl2F3N2O4S/c12-7-4-8(13)6-9(5-7)23(20,21)18(3-1-2-17)22-10(19)11(14,15)16/h4-6H,1-3,17H2. The van der Waals surface area contributed by atoms with Gasteiger partial charge < -0.3 is 10.6 Å². The predicted octanol–water partition coefficient (Wildman–Crippen LogP) is 2.35. The fourth-order valence-corrected chi connectivity index (χ4v) is 3.35. The normalized spacial score (nSPS) is 12.5. The lowest BCUT2D eigenvalue weighted by Crippen LogP contribution is -2.39. The number of hydrogen-bond acceptors (Lipinski definition) is 5. The minimum absolute atomic E-state index is 0.0358. The van der Waals surface area contributed by atoms with Gasteiger partial charge in [0.1, 0.15) is 0 Å². The van der Waals surface area contributed by atoms with Crippen molar-refractivity contribution in [2.24, 2.45) is 5.73 Å². The van der Waals surface area contributed by atoms with Crippen LogP contribution in [0.4, 0.5) is 13.2 Å². The largest absolute Gasteiger partial charge is 0.492 e. The van der Waals surface area contributed by atoms with Crippen LogP contribution in [0, 0.1) is 0 Å². The zero-order chi connectivity index (χ0) is 17.8. The molecule has 12 heteroatoms. The maximum absolute atomic E-state index is 12.3. The molecule has 1 rings (SSSR count). The van der Waals surface area contributed by atoms with Gasteiger partial charge in [0.2, 0.25) is 0 Å². The maximum Gasteiger partial charge on any atom is 0.492 e. The van der Waals surface area contributed by atoms with Crippen LogP contribution >= 0.6 is 23.2 Å². The van der Waals surface area contributed by atoms with Gasteiger partial charge >= 0.3 is 12.1 Å². The van der Waals surface area contributed by atoms with Crippen LogP contribution in [0.3, 0.4) is 0 Å². The molecule has 0 aliphatic carbocycles. The summed E-state index contributed by atoms with van der Waals surface area (Å²) in [6.45, 7) is -0.601. The molecular weight excluding hydrogens is 384 g/mol. The monoisotopic (exact) mass is 394 g/mol. The van der Waals surface area contributed by atoms with Crippen molar-refractivity contribution in [3.8, 4) is 0 Å². The van der Waals surface area contributed by atoms with Gasteiger partial charge in [0, 0.05) is 10.0 Å². The number of rotatable bonds is 6. The van der Waals surface area contributed by atoms with Gasteiger partial charge in [-0.05, 0) is 35.6 Å². The van der Waals surface area contributed by atoms with E-state index in [1.807, 2.05) is 0 Å². The lowest BCUT2D eigenvalue weighted by molar-refractivity contribution is -0.222. The first-order valence-electron chi connectivity index (χ1n) is 5.96. The number of benzene rings is 1. The van der Waals surface area contributed by atoms with Crippen LogP contribution in [0.5, 0.6) is 0 Å². The lowest BCUT2D eigenvalue weighted by Gasteiger charge is -2.21. The van der Waals surface area contributed by atoms with E-state index in [2.05, 4.69) is 4.84 Å². The Balaban J connectivity index is 3.20. The Bertz CT molecular complexity index is 662. The third kappa shape index (κ3) is 5.50. The number of sulfonamides is 1. The molecule has 0 saturated heterocycles. The Labute approximate surface area is 139 Å². The van der Waals surface area contributed by atoms with Gasteiger partial charge in [0.25, 0.3) is 10.0 Å². The molecule has 0 aliphatic heterocycles. The molecule has 0 aromatic heterocycles. The summed E-state index contributed by atoms with van der Waals surface area (Å²) in [7, 11) is -4.61. The summed E-state index contributed by atoms with van der Waals surface area (Å²) < 4.78 is 61.4. The van der Waals surface area contributed by atoms with Gasteiger partial charge in [-0.15, -0.1) is 0 Å². The summed E-state index contributed by atoms with van der Waals surface area (Å²) in [5.74, 6) is -2.67. The average molecular weight is 395 g/mol. The first kappa shape index (κ1) is 20.0. The molecule has 1 aromatic carbocycles. The van der Waals surface area contributed by atoms with Crippen molar-refractivity contribution in [2.45, 2.75) is 17.5 Å². The molecule has 2 N–H and O–H groups in total. The fourth-order valence-electron chi connectivity index (χ4n) is 1.37. The maximum atomic E-state index is 12.3. The Morgan fingerprint density at radius 3 is 2.17 bits per heavy atom. The minimum Gasteiger partial charge on any atom is -0.345 e. The smallest absolute Gasteiger partial charge is 0.345 e. The van der Waals surface area contributed by atoms with Gasteiger partial charge in [-0.3, -0.25) is 0 Å². The molecule has 6 nitrogen and oxygen atoms in total. The molecule has 130 valence electrons. The first-order chi connectivity index (χ1) is 10.5. The van der Waals surface area contributed by atoms with Crippen molar-refractivity contribution in [3.63, 3.8) is 0 Å². The Hall–Kier alpha value is -1.07. The highest BCUT2D eigenvalue weighted by Crippen LogP contribution is 2.26. The van der Waals surface area contributed by atoms with Gasteiger partial charge in [0.05, 0.1) is 11.4 Å². The van der Waals surface area contributed by atoms with Crippen molar-refractivity contribution >= 4 is 39.2 Å². The molecule has 0 unspecified atom stereocenters. The van der Waals surface area contributed by atoms with Crippen molar-refractivity contribution in [2.75, 3.05) is 13.1 Å². The second kappa shape index (κ2) is 7.67. The van der Waals surface area contributed by atoms with Crippen LogP contribution in [0.2, 0.25) is 10.0 Å². The number of carbonyl (C=O) groups is 1. The highest BCUT2D eigenvalue weighted by Gasteiger charge is 2.44. The summed E-state index contributed by atoms with van der Waals surface area (Å²) >= 11 is 11.3. The highest BCUT2D eigenvalue weighted by atomic mass is 35.5. The van der Waals surface area contributed by atoms with Crippen LogP contribution in [0.1, 0.15) is 6.42 Å².